The first-order valence-corrected chi connectivity index (χ1v) is 11.7. The Kier molecular flexibility index (Phi) is 7.46. The number of pyridine rings is 2. The highest BCUT2D eigenvalue weighted by Crippen LogP contribution is 2.44. The zero-order valence-corrected chi connectivity index (χ0v) is 20.3. The Bertz CT molecular complexity index is 1140. The number of nitrogens with one attached hydrogen (secondary N) is 1. The van der Waals surface area contributed by atoms with Crippen molar-refractivity contribution in [2.24, 2.45) is 0 Å². The second-order valence-electron chi connectivity index (χ2n) is 8.85. The lowest BCUT2D eigenvalue weighted by Gasteiger charge is -2.41. The van der Waals surface area contributed by atoms with Gasteiger partial charge < -0.3 is 24.6 Å². The maximum absolute atomic E-state index is 12.5. The Morgan fingerprint density at radius 2 is 2.06 bits per heavy atom. The van der Waals surface area contributed by atoms with Crippen molar-refractivity contribution >= 4 is 29.1 Å². The molecule has 1 aliphatic carbocycles. The summed E-state index contributed by atoms with van der Waals surface area (Å²) in [6.07, 6.45) is 3.97. The van der Waals surface area contributed by atoms with Crippen molar-refractivity contribution in [3.05, 3.63) is 41.3 Å². The Hall–Kier alpha value is -3.71. The van der Waals surface area contributed by atoms with Crippen molar-refractivity contribution in [3.63, 3.8) is 0 Å². The van der Waals surface area contributed by atoms with Gasteiger partial charge >= 0.3 is 5.97 Å². The summed E-state index contributed by atoms with van der Waals surface area (Å²) in [6.45, 7) is 4.20. The van der Waals surface area contributed by atoms with E-state index in [-0.39, 0.29) is 17.6 Å². The van der Waals surface area contributed by atoms with Gasteiger partial charge in [-0.15, -0.1) is 0 Å². The third-order valence-corrected chi connectivity index (χ3v) is 6.32. The molecular formula is C25H30N6O4. The summed E-state index contributed by atoms with van der Waals surface area (Å²) < 4.78 is 9.80. The van der Waals surface area contributed by atoms with Gasteiger partial charge in [-0.1, -0.05) is 0 Å². The van der Waals surface area contributed by atoms with Crippen LogP contribution in [0.1, 0.15) is 53.8 Å². The zero-order chi connectivity index (χ0) is 24.9. The van der Waals surface area contributed by atoms with E-state index < -0.39 is 5.97 Å². The van der Waals surface area contributed by atoms with Gasteiger partial charge in [-0.25, -0.2) is 14.8 Å². The molecule has 0 aromatic carbocycles. The lowest BCUT2D eigenvalue weighted by molar-refractivity contribution is -0.134. The van der Waals surface area contributed by atoms with Gasteiger partial charge in [-0.3, -0.25) is 4.79 Å². The Labute approximate surface area is 204 Å². The largest absolute Gasteiger partial charge is 0.464 e. The molecule has 2 aromatic rings. The highest BCUT2D eigenvalue weighted by molar-refractivity contribution is 5.88. The number of carbonyl (C=O) groups is 2. The number of piperazine rings is 1. The highest BCUT2D eigenvalue weighted by atomic mass is 16.5. The number of ether oxygens (including phenoxy) is 2. The standard InChI is InChI=1S/C25H30N6O4/c1-16-15-30(9-10-31(16)22(32)7-11-34-2)24-18(14-26)12-20(23(29-24)17-4-5-17)28-19-6-8-27-21(13-19)25(33)35-3/h6,8,12-13,16-17H,4-5,7,9-11,15H2,1-3H3,(H,27,28). The van der Waals surface area contributed by atoms with E-state index in [1.54, 1.807) is 19.2 Å². The van der Waals surface area contributed by atoms with Crippen LogP contribution in [-0.4, -0.2) is 73.2 Å². The van der Waals surface area contributed by atoms with Crippen molar-refractivity contribution in [1.29, 1.82) is 5.26 Å². The number of nitrogens with zero attached hydrogens (tertiary/aromatic N) is 5. The van der Waals surface area contributed by atoms with Crippen LogP contribution in [-0.2, 0) is 14.3 Å². The molecule has 0 spiro atoms. The molecule has 2 fully saturated rings. The average molecular weight is 479 g/mol. The van der Waals surface area contributed by atoms with Crippen molar-refractivity contribution in [3.8, 4) is 6.07 Å². The first kappa shape index (κ1) is 24.4. The summed E-state index contributed by atoms with van der Waals surface area (Å²) in [5.41, 5.74) is 2.98. The third-order valence-electron chi connectivity index (χ3n) is 6.32. The molecule has 184 valence electrons. The summed E-state index contributed by atoms with van der Waals surface area (Å²) in [5, 5.41) is 13.3. The van der Waals surface area contributed by atoms with Crippen LogP contribution in [0.4, 0.5) is 17.2 Å². The minimum atomic E-state index is -0.517. The molecular weight excluding hydrogens is 448 g/mol. The van der Waals surface area contributed by atoms with E-state index in [9.17, 15) is 14.9 Å². The molecule has 10 nitrogen and oxygen atoms in total. The molecule has 2 aromatic heterocycles. The zero-order valence-electron chi connectivity index (χ0n) is 20.3. The van der Waals surface area contributed by atoms with Gasteiger partial charge in [-0.05, 0) is 38.0 Å². The van der Waals surface area contributed by atoms with Crippen LogP contribution in [0.3, 0.4) is 0 Å². The molecule has 1 aliphatic heterocycles. The SMILES string of the molecule is COCCC(=O)N1CCN(c2nc(C3CC3)c(Nc3ccnc(C(=O)OC)c3)cc2C#N)CC1C. The predicted octanol–water partition coefficient (Wildman–Crippen LogP) is 2.83. The number of amides is 1. The molecule has 10 heteroatoms. The molecule has 3 heterocycles. The Balaban J connectivity index is 1.58. The summed E-state index contributed by atoms with van der Waals surface area (Å²) in [6, 6.07) is 7.49. The second-order valence-corrected chi connectivity index (χ2v) is 8.85. The summed E-state index contributed by atoms with van der Waals surface area (Å²) in [5.74, 6) is 0.534. The summed E-state index contributed by atoms with van der Waals surface area (Å²) in [4.78, 5) is 37.4. The van der Waals surface area contributed by atoms with Crippen molar-refractivity contribution in [2.45, 2.75) is 38.1 Å². The minimum absolute atomic E-state index is 0.00260. The first-order valence-electron chi connectivity index (χ1n) is 11.7. The number of nitriles is 1. The fraction of sp³-hybridized carbons (Fsp3) is 0.480. The van der Waals surface area contributed by atoms with Crippen LogP contribution < -0.4 is 10.2 Å². The molecule has 0 bridgehead atoms. The number of rotatable bonds is 8. The summed E-state index contributed by atoms with van der Waals surface area (Å²) in [7, 11) is 2.90. The molecule has 0 radical (unpaired) electrons. The maximum atomic E-state index is 12.5. The molecule has 35 heavy (non-hydrogen) atoms. The Morgan fingerprint density at radius 1 is 1.26 bits per heavy atom. The van der Waals surface area contributed by atoms with E-state index in [4.69, 9.17) is 14.5 Å². The maximum Gasteiger partial charge on any atom is 0.356 e. The van der Waals surface area contributed by atoms with Gasteiger partial charge in [0.15, 0.2) is 0 Å². The van der Waals surface area contributed by atoms with E-state index in [0.717, 1.165) is 24.2 Å². The minimum Gasteiger partial charge on any atom is -0.464 e. The number of esters is 1. The normalized spacial score (nSPS) is 17.6. The number of carbonyl (C=O) groups excluding carboxylic acids is 2. The highest BCUT2D eigenvalue weighted by Gasteiger charge is 2.33. The average Bonchev–Trinajstić information content (AvgIpc) is 3.72. The monoisotopic (exact) mass is 478 g/mol. The topological polar surface area (TPSA) is 121 Å². The fourth-order valence-electron chi connectivity index (χ4n) is 4.34. The first-order chi connectivity index (χ1) is 16.9. The fourth-order valence-corrected chi connectivity index (χ4v) is 4.34. The van der Waals surface area contributed by atoms with Gasteiger partial charge in [0.2, 0.25) is 5.91 Å². The van der Waals surface area contributed by atoms with E-state index >= 15 is 0 Å². The molecule has 1 atom stereocenters. The van der Waals surface area contributed by atoms with Gasteiger partial charge in [0, 0.05) is 50.6 Å². The lowest BCUT2D eigenvalue weighted by atomic mass is 10.1. The Morgan fingerprint density at radius 3 is 2.71 bits per heavy atom. The molecule has 1 saturated heterocycles. The molecule has 2 aliphatic rings. The predicted molar refractivity (Wildman–Crippen MR) is 130 cm³/mol. The molecule has 1 amide bonds. The number of anilines is 3. The van der Waals surface area contributed by atoms with Crippen LogP contribution in [0.25, 0.3) is 0 Å². The molecule has 1 unspecified atom stereocenters. The van der Waals surface area contributed by atoms with Crippen molar-refractivity contribution in [2.75, 3.05) is 50.7 Å². The van der Waals surface area contributed by atoms with Crippen LogP contribution in [0.5, 0.6) is 0 Å². The van der Waals surface area contributed by atoms with Crippen LogP contribution >= 0.6 is 0 Å². The van der Waals surface area contributed by atoms with E-state index in [1.165, 1.54) is 13.3 Å². The van der Waals surface area contributed by atoms with Crippen LogP contribution in [0.2, 0.25) is 0 Å². The third kappa shape index (κ3) is 5.52. The van der Waals surface area contributed by atoms with Gasteiger partial charge in [0.05, 0.1) is 37.1 Å². The van der Waals surface area contributed by atoms with E-state index in [1.807, 2.05) is 17.9 Å². The second kappa shape index (κ2) is 10.7. The lowest BCUT2D eigenvalue weighted by Crippen LogP contribution is -2.54. The van der Waals surface area contributed by atoms with E-state index in [2.05, 4.69) is 21.3 Å². The van der Waals surface area contributed by atoms with Gasteiger partial charge in [0.1, 0.15) is 17.6 Å². The van der Waals surface area contributed by atoms with E-state index in [0.29, 0.717) is 55.6 Å². The van der Waals surface area contributed by atoms with Crippen LogP contribution in [0, 0.1) is 11.3 Å². The smallest absolute Gasteiger partial charge is 0.356 e. The molecule has 1 N–H and O–H groups in total. The number of methoxy groups -OCH3 is 2. The number of hydrogen-bond donors (Lipinski definition) is 1. The molecule has 4 rings (SSSR count). The number of aromatic nitrogens is 2. The van der Waals surface area contributed by atoms with Gasteiger partial charge in [0.25, 0.3) is 0 Å². The summed E-state index contributed by atoms with van der Waals surface area (Å²) >= 11 is 0. The van der Waals surface area contributed by atoms with Gasteiger partial charge in [-0.2, -0.15) is 5.26 Å². The quantitative estimate of drug-likeness (QED) is 0.571. The van der Waals surface area contributed by atoms with Crippen LogP contribution in [0.15, 0.2) is 24.4 Å². The van der Waals surface area contributed by atoms with Crippen molar-refractivity contribution < 1.29 is 19.1 Å². The van der Waals surface area contributed by atoms with Crippen molar-refractivity contribution in [1.82, 2.24) is 14.9 Å². The number of hydrogen-bond acceptors (Lipinski definition) is 9. The molecule has 1 saturated carbocycles.